The first-order valence-corrected chi connectivity index (χ1v) is 7.96. The van der Waals surface area contributed by atoms with Gasteiger partial charge in [0, 0.05) is 37.1 Å². The van der Waals surface area contributed by atoms with Crippen LogP contribution in [0.2, 0.25) is 0 Å². The van der Waals surface area contributed by atoms with Crippen molar-refractivity contribution in [2.75, 3.05) is 13.2 Å². The molecule has 1 N–H and O–H groups in total. The lowest BCUT2D eigenvalue weighted by molar-refractivity contribution is -0.122. The number of nitrogens with zero attached hydrogens (tertiary/aromatic N) is 2. The number of nitrogens with one attached hydrogen (secondary N) is 1. The maximum absolute atomic E-state index is 12.2. The Bertz CT molecular complexity index is 619. The minimum Gasteiger partial charge on any atom is -0.379 e. The van der Waals surface area contributed by atoms with Crippen molar-refractivity contribution in [2.24, 2.45) is 5.92 Å². The van der Waals surface area contributed by atoms with Crippen LogP contribution < -0.4 is 5.32 Å². The van der Waals surface area contributed by atoms with Crippen molar-refractivity contribution in [1.29, 1.82) is 0 Å². The zero-order chi connectivity index (χ0) is 15.9. The number of ether oxygens (including phenoxy) is 1. The molecule has 3 rings (SSSR count). The molecule has 2 aromatic heterocycles. The maximum atomic E-state index is 12.2. The summed E-state index contributed by atoms with van der Waals surface area (Å²) < 4.78 is 5.57. The zero-order valence-corrected chi connectivity index (χ0v) is 13.0. The number of pyridine rings is 2. The lowest BCUT2D eigenvalue weighted by Gasteiger charge is -2.19. The highest BCUT2D eigenvalue weighted by atomic mass is 16.5. The van der Waals surface area contributed by atoms with Gasteiger partial charge in [-0.15, -0.1) is 0 Å². The minimum atomic E-state index is 0.0806. The van der Waals surface area contributed by atoms with Crippen molar-refractivity contribution in [1.82, 2.24) is 15.3 Å². The Balaban J connectivity index is 1.49. The highest BCUT2D eigenvalue weighted by Gasteiger charge is 2.29. The summed E-state index contributed by atoms with van der Waals surface area (Å²) >= 11 is 0. The fourth-order valence-corrected chi connectivity index (χ4v) is 2.87. The average Bonchev–Trinajstić information content (AvgIpc) is 3.02. The van der Waals surface area contributed by atoms with E-state index in [4.69, 9.17) is 4.74 Å². The number of hydrogen-bond acceptors (Lipinski definition) is 4. The van der Waals surface area contributed by atoms with Crippen LogP contribution in [0.15, 0.2) is 49.1 Å². The number of carbonyl (C=O) groups is 1. The third-order valence-electron chi connectivity index (χ3n) is 4.18. The van der Waals surface area contributed by atoms with Gasteiger partial charge in [0.2, 0.25) is 5.91 Å². The van der Waals surface area contributed by atoms with E-state index < -0.39 is 0 Å². The second-order valence-corrected chi connectivity index (χ2v) is 5.89. The largest absolute Gasteiger partial charge is 0.379 e. The van der Waals surface area contributed by atoms with E-state index in [-0.39, 0.29) is 11.9 Å². The minimum absolute atomic E-state index is 0.0806. The van der Waals surface area contributed by atoms with Crippen LogP contribution in [0.5, 0.6) is 0 Å². The van der Waals surface area contributed by atoms with E-state index in [2.05, 4.69) is 15.3 Å². The first-order valence-electron chi connectivity index (χ1n) is 7.96. The van der Waals surface area contributed by atoms with Gasteiger partial charge in [0.1, 0.15) is 0 Å². The number of aromatic nitrogens is 2. The molecule has 5 heteroatoms. The van der Waals surface area contributed by atoms with Crippen LogP contribution in [-0.4, -0.2) is 35.1 Å². The normalized spacial score (nSPS) is 20.3. The van der Waals surface area contributed by atoms with Crippen molar-refractivity contribution < 1.29 is 9.53 Å². The van der Waals surface area contributed by atoms with Gasteiger partial charge < -0.3 is 10.1 Å². The maximum Gasteiger partial charge on any atom is 0.220 e. The molecule has 0 radical (unpaired) electrons. The van der Waals surface area contributed by atoms with Crippen molar-refractivity contribution in [3.8, 4) is 0 Å². The van der Waals surface area contributed by atoms with Gasteiger partial charge in [-0.3, -0.25) is 14.8 Å². The van der Waals surface area contributed by atoms with E-state index in [1.54, 1.807) is 24.8 Å². The van der Waals surface area contributed by atoms with Crippen molar-refractivity contribution in [3.63, 3.8) is 0 Å². The summed E-state index contributed by atoms with van der Waals surface area (Å²) in [6.45, 7) is 1.29. The Morgan fingerprint density at radius 3 is 2.39 bits per heavy atom. The predicted octanol–water partition coefficient (Wildman–Crippen LogP) is 1.78. The summed E-state index contributed by atoms with van der Waals surface area (Å²) in [7, 11) is 0. The van der Waals surface area contributed by atoms with Crippen molar-refractivity contribution in [3.05, 3.63) is 60.2 Å². The number of carbonyl (C=O) groups excluding carboxylic acids is 1. The molecule has 5 nitrogen and oxygen atoms in total. The molecule has 3 heterocycles. The Morgan fingerprint density at radius 1 is 1.04 bits per heavy atom. The van der Waals surface area contributed by atoms with Gasteiger partial charge in [-0.05, 0) is 48.2 Å². The number of aryl methyl sites for hydroxylation is 1. The molecule has 0 saturated carbocycles. The first kappa shape index (κ1) is 15.6. The quantitative estimate of drug-likeness (QED) is 0.883. The van der Waals surface area contributed by atoms with Crippen molar-refractivity contribution >= 4 is 5.91 Å². The molecule has 1 aliphatic heterocycles. The van der Waals surface area contributed by atoms with Gasteiger partial charge >= 0.3 is 0 Å². The van der Waals surface area contributed by atoms with Crippen LogP contribution in [0.25, 0.3) is 0 Å². The van der Waals surface area contributed by atoms with Crippen LogP contribution in [0, 0.1) is 5.92 Å². The van der Waals surface area contributed by atoms with E-state index in [9.17, 15) is 4.79 Å². The van der Waals surface area contributed by atoms with E-state index in [1.165, 1.54) is 5.56 Å². The molecule has 1 amide bonds. The predicted molar refractivity (Wildman–Crippen MR) is 86.7 cm³/mol. The monoisotopic (exact) mass is 311 g/mol. The number of rotatable bonds is 6. The van der Waals surface area contributed by atoms with Crippen LogP contribution in [0.4, 0.5) is 0 Å². The topological polar surface area (TPSA) is 64.1 Å². The number of hydrogen-bond donors (Lipinski definition) is 1. The molecule has 1 saturated heterocycles. The fraction of sp³-hybridized carbons (Fsp3) is 0.389. The van der Waals surface area contributed by atoms with Crippen LogP contribution >= 0.6 is 0 Å². The van der Waals surface area contributed by atoms with E-state index in [1.807, 2.05) is 24.3 Å². The Hall–Kier alpha value is -2.27. The summed E-state index contributed by atoms with van der Waals surface area (Å²) in [4.78, 5) is 20.2. The Kier molecular flexibility index (Phi) is 5.32. The fourth-order valence-electron chi connectivity index (χ4n) is 2.87. The zero-order valence-electron chi connectivity index (χ0n) is 13.0. The highest BCUT2D eigenvalue weighted by Crippen LogP contribution is 2.19. The second-order valence-electron chi connectivity index (χ2n) is 5.89. The Labute approximate surface area is 136 Å². The van der Waals surface area contributed by atoms with E-state index in [0.717, 1.165) is 18.4 Å². The third-order valence-corrected chi connectivity index (χ3v) is 4.18. The molecule has 0 unspecified atom stereocenters. The van der Waals surface area contributed by atoms with Crippen LogP contribution in [-0.2, 0) is 22.4 Å². The van der Waals surface area contributed by atoms with Crippen LogP contribution in [0.3, 0.4) is 0 Å². The van der Waals surface area contributed by atoms with Gasteiger partial charge in [0.15, 0.2) is 0 Å². The van der Waals surface area contributed by atoms with Gasteiger partial charge in [-0.25, -0.2) is 0 Å². The van der Waals surface area contributed by atoms with Gasteiger partial charge in [-0.2, -0.15) is 0 Å². The van der Waals surface area contributed by atoms with Gasteiger partial charge in [0.25, 0.3) is 0 Å². The van der Waals surface area contributed by atoms with Gasteiger partial charge in [0.05, 0.1) is 19.3 Å². The standard InChI is InChI=1S/C18H21N3O2/c22-18(2-1-14-3-7-19-8-4-14)21-17-13-23-12-16(17)11-15-5-9-20-10-6-15/h3-10,16-17H,1-2,11-13H2,(H,21,22)/t16-,17+/m1/s1. The van der Waals surface area contributed by atoms with E-state index >= 15 is 0 Å². The molecule has 0 bridgehead atoms. The first-order chi connectivity index (χ1) is 11.3. The molecule has 120 valence electrons. The molecule has 1 fully saturated rings. The lowest BCUT2D eigenvalue weighted by Crippen LogP contribution is -2.40. The number of amides is 1. The molecule has 23 heavy (non-hydrogen) atoms. The third kappa shape index (κ3) is 4.60. The molecular formula is C18H21N3O2. The summed E-state index contributed by atoms with van der Waals surface area (Å²) in [5.74, 6) is 0.402. The van der Waals surface area contributed by atoms with Crippen molar-refractivity contribution in [2.45, 2.75) is 25.3 Å². The smallest absolute Gasteiger partial charge is 0.220 e. The molecule has 2 aromatic rings. The highest BCUT2D eigenvalue weighted by molar-refractivity contribution is 5.76. The SMILES string of the molecule is O=C(CCc1ccncc1)N[C@H]1COC[C@H]1Cc1ccncc1. The average molecular weight is 311 g/mol. The lowest BCUT2D eigenvalue weighted by atomic mass is 9.95. The molecule has 2 atom stereocenters. The molecular weight excluding hydrogens is 290 g/mol. The molecule has 0 aromatic carbocycles. The van der Waals surface area contributed by atoms with E-state index in [0.29, 0.717) is 25.6 Å². The van der Waals surface area contributed by atoms with Crippen LogP contribution in [0.1, 0.15) is 17.5 Å². The summed E-state index contributed by atoms with van der Waals surface area (Å²) in [6.07, 6.45) is 9.23. The molecule has 0 spiro atoms. The Morgan fingerprint density at radius 2 is 1.70 bits per heavy atom. The molecule has 0 aliphatic carbocycles. The molecule has 1 aliphatic rings. The van der Waals surface area contributed by atoms with Gasteiger partial charge in [-0.1, -0.05) is 0 Å². The summed E-state index contributed by atoms with van der Waals surface area (Å²) in [5.41, 5.74) is 2.36. The second kappa shape index (κ2) is 7.83. The summed E-state index contributed by atoms with van der Waals surface area (Å²) in [5, 5.41) is 3.12. The summed E-state index contributed by atoms with van der Waals surface area (Å²) in [6, 6.07) is 8.01.